The number of rotatable bonds is 6. The van der Waals surface area contributed by atoms with Crippen molar-refractivity contribution in [3.63, 3.8) is 0 Å². The first-order valence-corrected chi connectivity index (χ1v) is 9.91. The maximum Gasteiger partial charge on any atom is 0.338 e. The van der Waals surface area contributed by atoms with E-state index in [1.165, 1.54) is 48.5 Å². The van der Waals surface area contributed by atoms with Crippen LogP contribution in [0.15, 0.2) is 77.7 Å². The molecule has 0 unspecified atom stereocenters. The maximum atomic E-state index is 13.8. The van der Waals surface area contributed by atoms with Crippen molar-refractivity contribution >= 4 is 21.7 Å². The van der Waals surface area contributed by atoms with E-state index < -0.39 is 21.8 Å². The van der Waals surface area contributed by atoms with Gasteiger partial charge < -0.3 is 4.74 Å². The molecule has 0 amide bonds. The van der Waals surface area contributed by atoms with E-state index in [1.54, 1.807) is 18.2 Å². The highest BCUT2D eigenvalue weighted by atomic mass is 32.2. The average Bonchev–Trinajstić information content (AvgIpc) is 2.73. The van der Waals surface area contributed by atoms with E-state index in [1.807, 2.05) is 6.07 Å². The molecule has 6 nitrogen and oxygen atoms in total. The summed E-state index contributed by atoms with van der Waals surface area (Å²) in [7, 11) is -3.81. The monoisotopic (exact) mass is 410 g/mol. The Kier molecular flexibility index (Phi) is 5.90. The third-order valence-electron chi connectivity index (χ3n) is 3.94. The molecule has 3 aromatic carbocycles. The second-order valence-electron chi connectivity index (χ2n) is 5.99. The summed E-state index contributed by atoms with van der Waals surface area (Å²) in [4.78, 5) is 12.4. The molecule has 3 aromatic rings. The molecule has 0 fully saturated rings. The third kappa shape index (κ3) is 4.97. The lowest BCUT2D eigenvalue weighted by atomic mass is 10.1. The molecule has 146 valence electrons. The van der Waals surface area contributed by atoms with Gasteiger partial charge in [0.05, 0.1) is 22.1 Å². The average molecular weight is 410 g/mol. The van der Waals surface area contributed by atoms with Gasteiger partial charge in [-0.15, -0.1) is 0 Å². The Morgan fingerprint density at radius 3 is 2.52 bits per heavy atom. The van der Waals surface area contributed by atoms with Crippen LogP contribution < -0.4 is 4.72 Å². The Hall–Kier alpha value is -3.70. The number of carbonyl (C=O) groups is 1. The van der Waals surface area contributed by atoms with E-state index >= 15 is 0 Å². The number of hydrogen-bond donors (Lipinski definition) is 1. The molecule has 3 rings (SSSR count). The number of esters is 1. The lowest BCUT2D eigenvalue weighted by Crippen LogP contribution is -2.13. The molecular weight excluding hydrogens is 395 g/mol. The van der Waals surface area contributed by atoms with Crippen LogP contribution in [0.5, 0.6) is 0 Å². The molecule has 0 heterocycles. The number of nitrogens with zero attached hydrogens (tertiary/aromatic N) is 1. The summed E-state index contributed by atoms with van der Waals surface area (Å²) >= 11 is 0. The third-order valence-corrected chi connectivity index (χ3v) is 5.33. The Bertz CT molecular complexity index is 1190. The largest absolute Gasteiger partial charge is 0.457 e. The van der Waals surface area contributed by atoms with Gasteiger partial charge in [-0.1, -0.05) is 24.3 Å². The minimum absolute atomic E-state index is 0.0679. The SMILES string of the molecule is N#Cc1ccc(F)c(COC(=O)c2cccc(NS(=O)(=O)c3ccccc3)c2)c1. The van der Waals surface area contributed by atoms with Crippen LogP contribution in [0.25, 0.3) is 0 Å². The van der Waals surface area contributed by atoms with Gasteiger partial charge in [0.25, 0.3) is 10.0 Å². The normalized spacial score (nSPS) is 10.8. The summed E-state index contributed by atoms with van der Waals surface area (Å²) < 4.78 is 46.1. The van der Waals surface area contributed by atoms with Gasteiger partial charge in [0.15, 0.2) is 0 Å². The van der Waals surface area contributed by atoms with Crippen LogP contribution in [0.2, 0.25) is 0 Å². The Balaban J connectivity index is 1.72. The second-order valence-corrected chi connectivity index (χ2v) is 7.68. The number of nitrogens with one attached hydrogen (secondary N) is 1. The molecule has 0 aliphatic rings. The summed E-state index contributed by atoms with van der Waals surface area (Å²) in [6.45, 7) is -0.361. The zero-order valence-electron chi connectivity index (χ0n) is 15.0. The predicted molar refractivity (Wildman–Crippen MR) is 104 cm³/mol. The van der Waals surface area contributed by atoms with E-state index in [2.05, 4.69) is 4.72 Å². The van der Waals surface area contributed by atoms with E-state index in [9.17, 15) is 17.6 Å². The quantitative estimate of drug-likeness (QED) is 0.623. The first kappa shape index (κ1) is 20.0. The molecular formula is C21H15FN2O4S. The van der Waals surface area contributed by atoms with Crippen molar-refractivity contribution < 1.29 is 22.3 Å². The predicted octanol–water partition coefficient (Wildman–Crippen LogP) is 3.86. The van der Waals surface area contributed by atoms with E-state index in [-0.39, 0.29) is 33.9 Å². The molecule has 0 saturated heterocycles. The summed E-state index contributed by atoms with van der Waals surface area (Å²) in [5.74, 6) is -1.35. The first-order valence-electron chi connectivity index (χ1n) is 8.42. The van der Waals surface area contributed by atoms with E-state index in [4.69, 9.17) is 10.00 Å². The minimum Gasteiger partial charge on any atom is -0.457 e. The Morgan fingerprint density at radius 2 is 1.79 bits per heavy atom. The van der Waals surface area contributed by atoms with Crippen molar-refractivity contribution in [2.75, 3.05) is 4.72 Å². The highest BCUT2D eigenvalue weighted by Crippen LogP contribution is 2.18. The van der Waals surface area contributed by atoms with Crippen LogP contribution in [-0.4, -0.2) is 14.4 Å². The molecule has 0 bridgehead atoms. The standard InChI is InChI=1S/C21H15FN2O4S/c22-20-10-9-15(13-23)11-17(20)14-28-21(25)16-5-4-6-18(12-16)24-29(26,27)19-7-2-1-3-8-19/h1-12,24H,14H2. The summed E-state index contributed by atoms with van der Waals surface area (Å²) in [6, 6.07) is 19.2. The lowest BCUT2D eigenvalue weighted by molar-refractivity contribution is 0.0469. The highest BCUT2D eigenvalue weighted by Gasteiger charge is 2.15. The Morgan fingerprint density at radius 1 is 1.03 bits per heavy atom. The van der Waals surface area contributed by atoms with Crippen molar-refractivity contribution in [3.8, 4) is 6.07 Å². The molecule has 29 heavy (non-hydrogen) atoms. The van der Waals surface area contributed by atoms with Crippen molar-refractivity contribution in [2.45, 2.75) is 11.5 Å². The highest BCUT2D eigenvalue weighted by molar-refractivity contribution is 7.92. The van der Waals surface area contributed by atoms with Gasteiger partial charge in [0.1, 0.15) is 12.4 Å². The number of benzene rings is 3. The number of anilines is 1. The van der Waals surface area contributed by atoms with Crippen LogP contribution in [0.4, 0.5) is 10.1 Å². The molecule has 0 radical (unpaired) electrons. The van der Waals surface area contributed by atoms with Gasteiger partial charge >= 0.3 is 5.97 Å². The number of nitriles is 1. The van der Waals surface area contributed by atoms with Crippen LogP contribution in [0.3, 0.4) is 0 Å². The van der Waals surface area contributed by atoms with Gasteiger partial charge in [-0.3, -0.25) is 4.72 Å². The molecule has 0 saturated carbocycles. The fourth-order valence-electron chi connectivity index (χ4n) is 2.50. The van der Waals surface area contributed by atoms with Gasteiger partial charge in [0.2, 0.25) is 0 Å². The first-order chi connectivity index (χ1) is 13.9. The summed E-state index contributed by atoms with van der Waals surface area (Å²) in [5, 5.41) is 8.88. The maximum absolute atomic E-state index is 13.8. The van der Waals surface area contributed by atoms with Crippen LogP contribution in [0, 0.1) is 17.1 Å². The fraction of sp³-hybridized carbons (Fsp3) is 0.0476. The molecule has 8 heteroatoms. The second kappa shape index (κ2) is 8.54. The van der Waals surface area contributed by atoms with Crippen molar-refractivity contribution in [1.82, 2.24) is 0 Å². The molecule has 0 spiro atoms. The van der Waals surface area contributed by atoms with Gasteiger partial charge in [-0.25, -0.2) is 17.6 Å². The Labute approximate surface area is 167 Å². The van der Waals surface area contributed by atoms with Crippen LogP contribution in [0.1, 0.15) is 21.5 Å². The molecule has 1 N–H and O–H groups in total. The number of ether oxygens (including phenoxy) is 1. The number of carbonyl (C=O) groups excluding carboxylic acids is 1. The van der Waals surface area contributed by atoms with Crippen molar-refractivity contribution in [2.24, 2.45) is 0 Å². The summed E-state index contributed by atoms with van der Waals surface area (Å²) in [5.41, 5.74) is 0.587. The van der Waals surface area contributed by atoms with E-state index in [0.717, 1.165) is 6.07 Å². The number of hydrogen-bond acceptors (Lipinski definition) is 5. The minimum atomic E-state index is -3.81. The topological polar surface area (TPSA) is 96.3 Å². The van der Waals surface area contributed by atoms with Crippen molar-refractivity contribution in [3.05, 3.63) is 95.3 Å². The van der Waals surface area contributed by atoms with Gasteiger partial charge in [0, 0.05) is 11.3 Å². The smallest absolute Gasteiger partial charge is 0.338 e. The van der Waals surface area contributed by atoms with E-state index in [0.29, 0.717) is 0 Å². The summed E-state index contributed by atoms with van der Waals surface area (Å²) in [6.07, 6.45) is 0. The molecule has 0 atom stereocenters. The van der Waals surface area contributed by atoms with Gasteiger partial charge in [-0.2, -0.15) is 5.26 Å². The van der Waals surface area contributed by atoms with Crippen molar-refractivity contribution in [1.29, 1.82) is 5.26 Å². The number of halogens is 1. The van der Waals surface area contributed by atoms with Crippen LogP contribution in [-0.2, 0) is 21.4 Å². The lowest BCUT2D eigenvalue weighted by Gasteiger charge is -2.10. The molecule has 0 aliphatic carbocycles. The number of sulfonamides is 1. The van der Waals surface area contributed by atoms with Gasteiger partial charge in [-0.05, 0) is 48.5 Å². The molecule has 0 aromatic heterocycles. The molecule has 0 aliphatic heterocycles. The zero-order chi connectivity index (χ0) is 20.9. The fourth-order valence-corrected chi connectivity index (χ4v) is 3.58. The van der Waals surface area contributed by atoms with Crippen LogP contribution >= 0.6 is 0 Å². The zero-order valence-corrected chi connectivity index (χ0v) is 15.8.